The molecule has 1 N–H and O–H groups in total. The molecule has 0 aliphatic heterocycles. The molecule has 0 atom stereocenters. The van der Waals surface area contributed by atoms with Gasteiger partial charge in [-0.25, -0.2) is 4.39 Å². The van der Waals surface area contributed by atoms with Gasteiger partial charge in [0.15, 0.2) is 17.7 Å². The number of rotatable bonds is 11. The first-order valence-electron chi connectivity index (χ1n) is 9.65. The molecule has 0 saturated heterocycles. The Hall–Kier alpha value is -1.94. The van der Waals surface area contributed by atoms with Crippen LogP contribution in [0.1, 0.15) is 35.8 Å². The summed E-state index contributed by atoms with van der Waals surface area (Å²) in [5, 5.41) is 2.69. The van der Waals surface area contributed by atoms with Gasteiger partial charge in [0.05, 0.1) is 22.6 Å². The lowest BCUT2D eigenvalue weighted by molar-refractivity contribution is -0.111. The third-order valence-corrected chi connectivity index (χ3v) is 5.32. The Labute approximate surface area is 193 Å². The predicted molar refractivity (Wildman–Crippen MR) is 119 cm³/mol. The molecular weight excluding hydrogens is 495 g/mol. The van der Waals surface area contributed by atoms with Gasteiger partial charge in [-0.15, -0.1) is 0 Å². The number of amides is 1. The number of benzene rings is 1. The number of pyridine rings is 1. The van der Waals surface area contributed by atoms with Crippen LogP contribution in [0.15, 0.2) is 33.7 Å². The molecule has 0 fully saturated rings. The van der Waals surface area contributed by atoms with Crippen LogP contribution < -0.4 is 15.5 Å². The van der Waals surface area contributed by atoms with Crippen molar-refractivity contribution in [2.75, 3.05) is 20.8 Å². The number of hydrogen-bond acceptors (Lipinski definition) is 5. The fourth-order valence-corrected chi connectivity index (χ4v) is 3.39. The Bertz CT molecular complexity index is 966. The minimum absolute atomic E-state index is 0.0385. The van der Waals surface area contributed by atoms with E-state index in [2.05, 4.69) is 21.2 Å². The molecule has 1 aromatic carbocycles. The Morgan fingerprint density at radius 1 is 1.32 bits per heavy atom. The van der Waals surface area contributed by atoms with Gasteiger partial charge in [0.1, 0.15) is 5.82 Å². The van der Waals surface area contributed by atoms with Gasteiger partial charge >= 0.3 is 0 Å². The molecule has 0 radical (unpaired) electrons. The van der Waals surface area contributed by atoms with Crippen molar-refractivity contribution in [3.63, 3.8) is 0 Å². The molecule has 2 rings (SSSR count). The summed E-state index contributed by atoms with van der Waals surface area (Å²) in [6.45, 7) is 2.50. The minimum Gasteiger partial charge on any atom is -0.487 e. The number of halogens is 3. The first-order chi connectivity index (χ1) is 14.8. The molecule has 1 heterocycles. The average Bonchev–Trinajstić information content (AvgIpc) is 2.75. The second kappa shape index (κ2) is 12.2. The predicted octanol–water partition coefficient (Wildman–Crippen LogP) is 4.13. The molecule has 1 amide bonds. The van der Waals surface area contributed by atoms with Crippen LogP contribution in [-0.2, 0) is 22.6 Å². The third-order valence-electron chi connectivity index (χ3n) is 4.46. The van der Waals surface area contributed by atoms with Crippen LogP contribution in [0.5, 0.6) is 5.75 Å². The smallest absolute Gasteiger partial charge is 0.272 e. The summed E-state index contributed by atoms with van der Waals surface area (Å²) in [5.41, 5.74) is 0.205. The van der Waals surface area contributed by atoms with Crippen LogP contribution in [-0.4, -0.2) is 37.6 Å². The SMILES string of the molecule is CCCCOc1c(C(=O)NCc2ccc(F)c(Cl)c2)n(CC(OC)OC)cc(Br)c1=O. The van der Waals surface area contributed by atoms with Crippen LogP contribution in [0.2, 0.25) is 5.02 Å². The number of aromatic nitrogens is 1. The summed E-state index contributed by atoms with van der Waals surface area (Å²) < 4.78 is 31.4. The molecule has 2 aromatic rings. The van der Waals surface area contributed by atoms with Crippen LogP contribution >= 0.6 is 27.5 Å². The van der Waals surface area contributed by atoms with E-state index in [1.54, 1.807) is 0 Å². The highest BCUT2D eigenvalue weighted by molar-refractivity contribution is 9.10. The molecule has 1 aromatic heterocycles. The van der Waals surface area contributed by atoms with Crippen molar-refractivity contribution in [2.45, 2.75) is 39.1 Å². The molecule has 31 heavy (non-hydrogen) atoms. The summed E-state index contributed by atoms with van der Waals surface area (Å²) in [6, 6.07) is 4.16. The van der Waals surface area contributed by atoms with E-state index in [-0.39, 0.29) is 40.6 Å². The van der Waals surface area contributed by atoms with Gasteiger partial charge in [-0.2, -0.15) is 0 Å². The molecular formula is C21H25BrClFN2O5. The summed E-state index contributed by atoms with van der Waals surface area (Å²) in [4.78, 5) is 25.8. The maximum atomic E-state index is 13.4. The van der Waals surface area contributed by atoms with Gasteiger partial charge in [-0.05, 0) is 40.0 Å². The second-order valence-electron chi connectivity index (χ2n) is 6.67. The lowest BCUT2D eigenvalue weighted by Gasteiger charge is -2.21. The molecule has 0 unspecified atom stereocenters. The number of ether oxygens (including phenoxy) is 3. The number of unbranched alkanes of at least 4 members (excludes halogenated alkanes) is 1. The minimum atomic E-state index is -0.652. The number of hydrogen-bond donors (Lipinski definition) is 1. The first kappa shape index (κ1) is 25.3. The molecule has 0 spiro atoms. The molecule has 7 nitrogen and oxygen atoms in total. The number of carbonyl (C=O) groups excluding carboxylic acids is 1. The maximum absolute atomic E-state index is 13.4. The van der Waals surface area contributed by atoms with Gasteiger partial charge in [-0.1, -0.05) is 31.0 Å². The fraction of sp³-hybridized carbons (Fsp3) is 0.429. The Balaban J connectivity index is 2.41. The third kappa shape index (κ3) is 6.77. The summed E-state index contributed by atoms with van der Waals surface area (Å²) in [7, 11) is 2.95. The van der Waals surface area contributed by atoms with Gasteiger partial charge in [0, 0.05) is 27.0 Å². The highest BCUT2D eigenvalue weighted by Crippen LogP contribution is 2.21. The average molecular weight is 520 g/mol. The standard InChI is InChI=1S/C21H25BrClFN2O5/c1-4-5-8-31-20-18(21(28)25-10-13-6-7-16(24)15(23)9-13)26(11-14(22)19(20)27)12-17(29-2)30-3/h6-7,9,11,17H,4-5,8,10,12H2,1-3H3,(H,25,28). The highest BCUT2D eigenvalue weighted by Gasteiger charge is 2.24. The zero-order valence-electron chi connectivity index (χ0n) is 17.5. The Morgan fingerprint density at radius 2 is 2.03 bits per heavy atom. The van der Waals surface area contributed by atoms with E-state index >= 15 is 0 Å². The quantitative estimate of drug-likeness (QED) is 0.357. The van der Waals surface area contributed by atoms with Crippen molar-refractivity contribution in [1.82, 2.24) is 9.88 Å². The molecule has 170 valence electrons. The largest absolute Gasteiger partial charge is 0.487 e. The summed E-state index contributed by atoms with van der Waals surface area (Å²) in [5.74, 6) is -1.15. The summed E-state index contributed by atoms with van der Waals surface area (Å²) >= 11 is 9.05. The van der Waals surface area contributed by atoms with Crippen LogP contribution in [0, 0.1) is 5.82 Å². The Morgan fingerprint density at radius 3 is 2.65 bits per heavy atom. The van der Waals surface area contributed by atoms with E-state index in [1.165, 1.54) is 43.2 Å². The van der Waals surface area contributed by atoms with Gasteiger partial charge < -0.3 is 24.1 Å². The maximum Gasteiger partial charge on any atom is 0.272 e. The molecule has 0 aliphatic carbocycles. The van der Waals surface area contributed by atoms with E-state index in [0.717, 1.165) is 12.8 Å². The molecule has 0 saturated carbocycles. The van der Waals surface area contributed by atoms with Crippen LogP contribution in [0.25, 0.3) is 0 Å². The van der Waals surface area contributed by atoms with Crippen molar-refractivity contribution < 1.29 is 23.4 Å². The fourth-order valence-electron chi connectivity index (χ4n) is 2.76. The van der Waals surface area contributed by atoms with E-state index < -0.39 is 23.4 Å². The number of carbonyl (C=O) groups is 1. The number of methoxy groups -OCH3 is 2. The second-order valence-corrected chi connectivity index (χ2v) is 7.93. The van der Waals surface area contributed by atoms with Gasteiger partial charge in [0.2, 0.25) is 5.43 Å². The van der Waals surface area contributed by atoms with Gasteiger partial charge in [-0.3, -0.25) is 9.59 Å². The van der Waals surface area contributed by atoms with E-state index in [0.29, 0.717) is 5.56 Å². The van der Waals surface area contributed by atoms with Crippen LogP contribution in [0.4, 0.5) is 4.39 Å². The van der Waals surface area contributed by atoms with Crippen molar-refractivity contribution in [1.29, 1.82) is 0 Å². The first-order valence-corrected chi connectivity index (χ1v) is 10.8. The van der Waals surface area contributed by atoms with Crippen molar-refractivity contribution in [3.8, 4) is 5.75 Å². The topological polar surface area (TPSA) is 78.8 Å². The zero-order chi connectivity index (χ0) is 23.0. The Kier molecular flexibility index (Phi) is 9.95. The monoisotopic (exact) mass is 518 g/mol. The number of nitrogens with one attached hydrogen (secondary N) is 1. The highest BCUT2D eigenvalue weighted by atomic mass is 79.9. The molecule has 10 heteroatoms. The summed E-state index contributed by atoms with van der Waals surface area (Å²) in [6.07, 6.45) is 2.42. The lowest BCUT2D eigenvalue weighted by atomic mass is 10.2. The van der Waals surface area contributed by atoms with E-state index in [1.807, 2.05) is 6.92 Å². The van der Waals surface area contributed by atoms with Crippen molar-refractivity contribution in [2.24, 2.45) is 0 Å². The van der Waals surface area contributed by atoms with Crippen molar-refractivity contribution >= 4 is 33.4 Å². The number of nitrogens with zero attached hydrogens (tertiary/aromatic N) is 1. The zero-order valence-corrected chi connectivity index (χ0v) is 19.9. The molecule has 0 aliphatic rings. The van der Waals surface area contributed by atoms with E-state index in [9.17, 15) is 14.0 Å². The normalized spacial score (nSPS) is 11.1. The van der Waals surface area contributed by atoms with Crippen LogP contribution in [0.3, 0.4) is 0 Å². The molecule has 0 bridgehead atoms. The lowest BCUT2D eigenvalue weighted by Crippen LogP contribution is -2.33. The van der Waals surface area contributed by atoms with E-state index in [4.69, 9.17) is 25.8 Å². The van der Waals surface area contributed by atoms with Gasteiger partial charge in [0.25, 0.3) is 5.91 Å². The van der Waals surface area contributed by atoms with Crippen molar-refractivity contribution in [3.05, 3.63) is 61.2 Å².